The Balaban J connectivity index is 1.46. The number of hydrogen-bond acceptors (Lipinski definition) is 6. The standard InChI is InChI=1S/C21H14ClN3O4S2/c1-25-17-9-7-13(11-18(17)29-21(25)26)31(27,28)24-12-6-8-14(15(22)10-12)20-23-16-4-2-3-5-19(16)30-20/h2-11,24H,1H3. The first-order valence-corrected chi connectivity index (χ1v) is 11.8. The fourth-order valence-electron chi connectivity index (χ4n) is 3.23. The molecule has 0 aliphatic heterocycles. The maximum atomic E-state index is 12.8. The molecular weight excluding hydrogens is 458 g/mol. The smallest absolute Gasteiger partial charge is 0.408 e. The van der Waals surface area contributed by atoms with Crippen molar-refractivity contribution in [1.29, 1.82) is 0 Å². The van der Waals surface area contributed by atoms with Gasteiger partial charge in [-0.25, -0.2) is 18.2 Å². The van der Waals surface area contributed by atoms with Crippen LogP contribution in [0.15, 0.2) is 74.8 Å². The molecule has 5 aromatic rings. The zero-order valence-electron chi connectivity index (χ0n) is 16.0. The van der Waals surface area contributed by atoms with E-state index in [1.807, 2.05) is 24.3 Å². The molecule has 2 aromatic heterocycles. The molecule has 2 heterocycles. The van der Waals surface area contributed by atoms with E-state index in [4.69, 9.17) is 16.0 Å². The van der Waals surface area contributed by atoms with Gasteiger partial charge < -0.3 is 4.42 Å². The molecule has 0 bridgehead atoms. The molecule has 0 amide bonds. The number of sulfonamides is 1. The number of nitrogens with zero attached hydrogens (tertiary/aromatic N) is 2. The van der Waals surface area contributed by atoms with Crippen LogP contribution in [0, 0.1) is 0 Å². The van der Waals surface area contributed by atoms with Gasteiger partial charge in [-0.05, 0) is 42.5 Å². The van der Waals surface area contributed by atoms with Gasteiger partial charge in [0.1, 0.15) is 5.01 Å². The summed E-state index contributed by atoms with van der Waals surface area (Å²) in [7, 11) is -2.36. The fraction of sp³-hybridized carbons (Fsp3) is 0.0476. The number of rotatable bonds is 4. The summed E-state index contributed by atoms with van der Waals surface area (Å²) in [6, 6.07) is 16.9. The summed E-state index contributed by atoms with van der Waals surface area (Å²) in [4.78, 5) is 16.2. The minimum absolute atomic E-state index is 0.0271. The molecule has 0 unspecified atom stereocenters. The molecule has 7 nitrogen and oxygen atoms in total. The van der Waals surface area contributed by atoms with Crippen LogP contribution in [-0.4, -0.2) is 18.0 Å². The number of nitrogens with one attached hydrogen (secondary N) is 1. The number of benzene rings is 3. The third-order valence-corrected chi connectivity index (χ3v) is 7.58. The van der Waals surface area contributed by atoms with E-state index in [1.54, 1.807) is 25.2 Å². The molecule has 0 radical (unpaired) electrons. The predicted molar refractivity (Wildman–Crippen MR) is 122 cm³/mol. The molecule has 5 rings (SSSR count). The van der Waals surface area contributed by atoms with Crippen LogP contribution in [0.5, 0.6) is 0 Å². The van der Waals surface area contributed by atoms with Crippen molar-refractivity contribution in [1.82, 2.24) is 9.55 Å². The third-order valence-electron chi connectivity index (χ3n) is 4.82. The molecule has 0 aliphatic carbocycles. The minimum Gasteiger partial charge on any atom is -0.408 e. The first-order chi connectivity index (χ1) is 14.8. The number of aromatic nitrogens is 2. The highest BCUT2D eigenvalue weighted by Crippen LogP contribution is 2.36. The maximum Gasteiger partial charge on any atom is 0.419 e. The van der Waals surface area contributed by atoms with Gasteiger partial charge >= 0.3 is 5.76 Å². The second-order valence-electron chi connectivity index (χ2n) is 6.84. The van der Waals surface area contributed by atoms with Crippen LogP contribution in [-0.2, 0) is 17.1 Å². The summed E-state index contributed by atoms with van der Waals surface area (Å²) in [5.74, 6) is -0.560. The predicted octanol–water partition coefficient (Wildman–Crippen LogP) is 4.86. The van der Waals surface area contributed by atoms with Crippen LogP contribution < -0.4 is 10.5 Å². The molecule has 0 saturated heterocycles. The normalized spacial score (nSPS) is 11.9. The van der Waals surface area contributed by atoms with E-state index < -0.39 is 15.8 Å². The summed E-state index contributed by atoms with van der Waals surface area (Å²) in [5.41, 5.74) is 2.61. The van der Waals surface area contributed by atoms with E-state index in [1.165, 1.54) is 34.1 Å². The first kappa shape index (κ1) is 19.8. The van der Waals surface area contributed by atoms with Crippen LogP contribution >= 0.6 is 22.9 Å². The van der Waals surface area contributed by atoms with E-state index in [9.17, 15) is 13.2 Å². The first-order valence-electron chi connectivity index (χ1n) is 9.10. The Morgan fingerprint density at radius 3 is 2.68 bits per heavy atom. The van der Waals surface area contributed by atoms with Gasteiger partial charge in [0.05, 0.1) is 31.3 Å². The van der Waals surface area contributed by atoms with Gasteiger partial charge in [0.25, 0.3) is 10.0 Å². The summed E-state index contributed by atoms with van der Waals surface area (Å²) in [6.07, 6.45) is 0. The van der Waals surface area contributed by atoms with Gasteiger partial charge in [-0.15, -0.1) is 11.3 Å². The monoisotopic (exact) mass is 471 g/mol. The van der Waals surface area contributed by atoms with Crippen molar-refractivity contribution in [2.75, 3.05) is 4.72 Å². The lowest BCUT2D eigenvalue weighted by Crippen LogP contribution is -2.13. The number of halogens is 1. The summed E-state index contributed by atoms with van der Waals surface area (Å²) in [6.45, 7) is 0. The van der Waals surface area contributed by atoms with Gasteiger partial charge in [0, 0.05) is 18.7 Å². The van der Waals surface area contributed by atoms with Crippen molar-refractivity contribution >= 4 is 60.0 Å². The van der Waals surface area contributed by atoms with Crippen LogP contribution in [0.25, 0.3) is 31.9 Å². The van der Waals surface area contributed by atoms with Gasteiger partial charge in [0.2, 0.25) is 0 Å². The molecule has 156 valence electrons. The lowest BCUT2D eigenvalue weighted by atomic mass is 10.2. The Kier molecular flexibility index (Phi) is 4.62. The number of fused-ring (bicyclic) bond motifs is 2. The molecule has 3 aromatic carbocycles. The Hall–Kier alpha value is -3.14. The summed E-state index contributed by atoms with van der Waals surface area (Å²) >= 11 is 7.96. The Morgan fingerprint density at radius 1 is 1.10 bits per heavy atom. The van der Waals surface area contributed by atoms with Crippen molar-refractivity contribution in [2.45, 2.75) is 4.90 Å². The van der Waals surface area contributed by atoms with Gasteiger partial charge in [0.15, 0.2) is 5.58 Å². The zero-order valence-corrected chi connectivity index (χ0v) is 18.4. The topological polar surface area (TPSA) is 94.2 Å². The number of para-hydroxylation sites is 1. The number of thiazole rings is 1. The van der Waals surface area contributed by atoms with Crippen molar-refractivity contribution < 1.29 is 12.8 Å². The molecule has 10 heteroatoms. The van der Waals surface area contributed by atoms with Crippen LogP contribution in [0.1, 0.15) is 0 Å². The Labute approximate surface area is 185 Å². The lowest BCUT2D eigenvalue weighted by molar-refractivity contribution is 0.527. The second kappa shape index (κ2) is 7.23. The van der Waals surface area contributed by atoms with Gasteiger partial charge in [-0.1, -0.05) is 23.7 Å². The quantitative estimate of drug-likeness (QED) is 0.404. The second-order valence-corrected chi connectivity index (χ2v) is 9.96. The molecule has 0 atom stereocenters. The van der Waals surface area contributed by atoms with Crippen molar-refractivity contribution in [3.8, 4) is 10.6 Å². The summed E-state index contributed by atoms with van der Waals surface area (Å²) < 4.78 is 35.6. The van der Waals surface area contributed by atoms with E-state index in [2.05, 4.69) is 9.71 Å². The highest BCUT2D eigenvalue weighted by molar-refractivity contribution is 7.92. The average molecular weight is 472 g/mol. The number of anilines is 1. The SMILES string of the molecule is Cn1c(=O)oc2cc(S(=O)(=O)Nc3ccc(-c4nc5ccccc5s4)c(Cl)c3)ccc21. The molecule has 0 fully saturated rings. The van der Waals surface area contributed by atoms with E-state index in [0.717, 1.165) is 20.8 Å². The largest absolute Gasteiger partial charge is 0.419 e. The van der Waals surface area contributed by atoms with Crippen molar-refractivity contribution in [2.24, 2.45) is 7.05 Å². The van der Waals surface area contributed by atoms with E-state index in [-0.39, 0.29) is 10.5 Å². The fourth-order valence-corrected chi connectivity index (χ4v) is 5.63. The summed E-state index contributed by atoms with van der Waals surface area (Å²) in [5, 5.41) is 1.13. The van der Waals surface area contributed by atoms with Gasteiger partial charge in [-0.2, -0.15) is 0 Å². The number of hydrogen-bond donors (Lipinski definition) is 1. The number of aryl methyl sites for hydroxylation is 1. The van der Waals surface area contributed by atoms with E-state index in [0.29, 0.717) is 16.2 Å². The third kappa shape index (κ3) is 3.50. The van der Waals surface area contributed by atoms with E-state index >= 15 is 0 Å². The number of oxazole rings is 1. The molecule has 0 saturated carbocycles. The molecule has 31 heavy (non-hydrogen) atoms. The Bertz CT molecular complexity index is 1600. The van der Waals surface area contributed by atoms with Crippen molar-refractivity contribution in [3.63, 3.8) is 0 Å². The van der Waals surface area contributed by atoms with Crippen LogP contribution in [0.4, 0.5) is 5.69 Å². The maximum absolute atomic E-state index is 12.8. The zero-order chi connectivity index (χ0) is 21.8. The van der Waals surface area contributed by atoms with Crippen LogP contribution in [0.3, 0.4) is 0 Å². The van der Waals surface area contributed by atoms with Gasteiger partial charge in [-0.3, -0.25) is 9.29 Å². The Morgan fingerprint density at radius 2 is 1.90 bits per heavy atom. The molecule has 0 aliphatic rings. The minimum atomic E-state index is -3.92. The van der Waals surface area contributed by atoms with Crippen LogP contribution in [0.2, 0.25) is 5.02 Å². The molecule has 1 N–H and O–H groups in total. The average Bonchev–Trinajstić information content (AvgIpc) is 3.28. The molecular formula is C21H14ClN3O4S2. The highest BCUT2D eigenvalue weighted by atomic mass is 35.5. The molecule has 0 spiro atoms. The van der Waals surface area contributed by atoms with Crippen molar-refractivity contribution in [3.05, 3.63) is 76.2 Å². The highest BCUT2D eigenvalue weighted by Gasteiger charge is 2.18. The lowest BCUT2D eigenvalue weighted by Gasteiger charge is -2.10.